The van der Waals surface area contributed by atoms with Crippen molar-refractivity contribution in [3.8, 4) is 17.1 Å². The molecule has 9 nitrogen and oxygen atoms in total. The molecule has 1 saturated heterocycles. The molecule has 1 aliphatic heterocycles. The number of benzene rings is 1. The van der Waals surface area contributed by atoms with Crippen LogP contribution in [0.2, 0.25) is 0 Å². The minimum absolute atomic E-state index is 0.242. The second-order valence-electron chi connectivity index (χ2n) is 7.41. The number of aromatic nitrogens is 5. The molecule has 32 heavy (non-hydrogen) atoms. The number of nitrogens with one attached hydrogen (secondary N) is 1. The SMILES string of the molecule is C=CC(=O)NCc1cc2nc(-n3ccc(-c4ccccc4)n3)cc(N3CCOCC3)n2n1. The second kappa shape index (κ2) is 8.64. The highest BCUT2D eigenvalue weighted by Crippen LogP contribution is 2.23. The third-order valence-corrected chi connectivity index (χ3v) is 5.30. The summed E-state index contributed by atoms with van der Waals surface area (Å²) in [6.07, 6.45) is 3.15. The number of carbonyl (C=O) groups excluding carboxylic acids is 1. The monoisotopic (exact) mass is 429 g/mol. The first kappa shape index (κ1) is 20.0. The minimum atomic E-state index is -0.242. The molecule has 0 unspecified atom stereocenters. The van der Waals surface area contributed by atoms with Gasteiger partial charge in [0.25, 0.3) is 0 Å². The van der Waals surface area contributed by atoms with E-state index in [1.165, 1.54) is 6.08 Å². The molecule has 0 aliphatic carbocycles. The van der Waals surface area contributed by atoms with E-state index < -0.39 is 0 Å². The van der Waals surface area contributed by atoms with Gasteiger partial charge in [-0.25, -0.2) is 9.67 Å². The molecule has 1 N–H and O–H groups in total. The van der Waals surface area contributed by atoms with E-state index in [1.807, 2.05) is 59.2 Å². The van der Waals surface area contributed by atoms with Gasteiger partial charge in [0, 0.05) is 37.0 Å². The van der Waals surface area contributed by atoms with Crippen molar-refractivity contribution in [2.45, 2.75) is 6.54 Å². The molecule has 0 spiro atoms. The van der Waals surface area contributed by atoms with Crippen molar-refractivity contribution in [2.75, 3.05) is 31.2 Å². The van der Waals surface area contributed by atoms with Gasteiger partial charge in [-0.15, -0.1) is 0 Å². The number of hydrogen-bond acceptors (Lipinski definition) is 6. The molecule has 4 heterocycles. The average Bonchev–Trinajstić information content (AvgIpc) is 3.50. The van der Waals surface area contributed by atoms with E-state index in [0.29, 0.717) is 36.9 Å². The molecule has 1 aromatic carbocycles. The number of rotatable bonds is 6. The number of fused-ring (bicyclic) bond motifs is 1. The Bertz CT molecular complexity index is 1260. The molecule has 162 valence electrons. The van der Waals surface area contributed by atoms with Gasteiger partial charge in [-0.1, -0.05) is 36.9 Å². The highest BCUT2D eigenvalue weighted by Gasteiger charge is 2.19. The zero-order valence-corrected chi connectivity index (χ0v) is 17.5. The molecule has 0 bridgehead atoms. The Kier molecular flexibility index (Phi) is 5.39. The van der Waals surface area contributed by atoms with Gasteiger partial charge in [-0.2, -0.15) is 14.7 Å². The summed E-state index contributed by atoms with van der Waals surface area (Å²) in [5.41, 5.74) is 3.32. The maximum atomic E-state index is 11.6. The molecule has 0 atom stereocenters. The third-order valence-electron chi connectivity index (χ3n) is 5.30. The fourth-order valence-electron chi connectivity index (χ4n) is 3.68. The summed E-state index contributed by atoms with van der Waals surface area (Å²) in [4.78, 5) is 18.6. The first-order valence-corrected chi connectivity index (χ1v) is 10.5. The van der Waals surface area contributed by atoms with Crippen LogP contribution in [0.3, 0.4) is 0 Å². The largest absolute Gasteiger partial charge is 0.378 e. The average molecular weight is 429 g/mol. The van der Waals surface area contributed by atoms with Gasteiger partial charge in [-0.05, 0) is 12.1 Å². The van der Waals surface area contributed by atoms with E-state index in [2.05, 4.69) is 21.9 Å². The van der Waals surface area contributed by atoms with Gasteiger partial charge in [0.05, 0.1) is 31.1 Å². The standard InChI is InChI=1S/C23H23N7O2/c1-2-22(31)24-16-18-14-21-25-20(15-23(30(21)26-18)28-10-12-32-13-11-28)29-9-8-19(27-29)17-6-4-3-5-7-17/h2-9,14-15H,1,10-13,16H2,(H,24,31). The zero-order chi connectivity index (χ0) is 21.9. The highest BCUT2D eigenvalue weighted by atomic mass is 16.5. The lowest BCUT2D eigenvalue weighted by molar-refractivity contribution is -0.116. The number of amides is 1. The van der Waals surface area contributed by atoms with Crippen molar-refractivity contribution in [1.82, 2.24) is 29.7 Å². The van der Waals surface area contributed by atoms with Crippen LogP contribution in [0.15, 0.2) is 67.4 Å². The fourth-order valence-corrected chi connectivity index (χ4v) is 3.68. The zero-order valence-electron chi connectivity index (χ0n) is 17.5. The molecule has 3 aromatic heterocycles. The number of hydrogen-bond donors (Lipinski definition) is 1. The van der Waals surface area contributed by atoms with Crippen LogP contribution in [0.5, 0.6) is 0 Å². The molecule has 9 heteroatoms. The van der Waals surface area contributed by atoms with E-state index in [-0.39, 0.29) is 5.91 Å². The van der Waals surface area contributed by atoms with Gasteiger partial charge < -0.3 is 15.0 Å². The predicted molar refractivity (Wildman–Crippen MR) is 121 cm³/mol. The lowest BCUT2D eigenvalue weighted by Crippen LogP contribution is -2.37. The molecule has 1 aliphatic rings. The smallest absolute Gasteiger partial charge is 0.243 e. The molecule has 4 aromatic rings. The van der Waals surface area contributed by atoms with Crippen molar-refractivity contribution in [3.05, 3.63) is 73.1 Å². The maximum absolute atomic E-state index is 11.6. The molecule has 1 amide bonds. The first-order chi connectivity index (χ1) is 15.7. The lowest BCUT2D eigenvalue weighted by atomic mass is 10.2. The molecular weight excluding hydrogens is 406 g/mol. The number of nitrogens with zero attached hydrogens (tertiary/aromatic N) is 6. The maximum Gasteiger partial charge on any atom is 0.243 e. The molecule has 5 rings (SSSR count). The summed E-state index contributed by atoms with van der Waals surface area (Å²) in [5, 5.41) is 12.2. The van der Waals surface area contributed by atoms with Crippen LogP contribution >= 0.6 is 0 Å². The molecule has 1 fully saturated rings. The van der Waals surface area contributed by atoms with Crippen molar-refractivity contribution < 1.29 is 9.53 Å². The summed E-state index contributed by atoms with van der Waals surface area (Å²) >= 11 is 0. The Hall–Kier alpha value is -3.98. The third kappa shape index (κ3) is 3.97. The van der Waals surface area contributed by atoms with Crippen LogP contribution < -0.4 is 10.2 Å². The van der Waals surface area contributed by atoms with Crippen molar-refractivity contribution in [2.24, 2.45) is 0 Å². The minimum Gasteiger partial charge on any atom is -0.378 e. The Labute approximate surface area is 184 Å². The van der Waals surface area contributed by atoms with Gasteiger partial charge in [-0.3, -0.25) is 4.79 Å². The Morgan fingerprint density at radius 1 is 1.12 bits per heavy atom. The normalized spacial score (nSPS) is 13.9. The van der Waals surface area contributed by atoms with Gasteiger partial charge in [0.15, 0.2) is 11.5 Å². The van der Waals surface area contributed by atoms with Crippen molar-refractivity contribution >= 4 is 17.4 Å². The topological polar surface area (TPSA) is 89.6 Å². The van der Waals surface area contributed by atoms with Crippen LogP contribution in [-0.2, 0) is 16.1 Å². The first-order valence-electron chi connectivity index (χ1n) is 10.5. The summed E-state index contributed by atoms with van der Waals surface area (Å²) in [5.74, 6) is 1.36. The number of ether oxygens (including phenoxy) is 1. The highest BCUT2D eigenvalue weighted by molar-refractivity contribution is 5.86. The van der Waals surface area contributed by atoms with Crippen molar-refractivity contribution in [3.63, 3.8) is 0 Å². The number of morpholine rings is 1. The van der Waals surface area contributed by atoms with Gasteiger partial charge in [0.2, 0.25) is 5.91 Å². The number of anilines is 1. The molecular formula is C23H23N7O2. The quantitative estimate of drug-likeness (QED) is 0.473. The van der Waals surface area contributed by atoms with Crippen LogP contribution in [-0.4, -0.2) is 56.6 Å². The van der Waals surface area contributed by atoms with Gasteiger partial charge >= 0.3 is 0 Å². The molecule has 0 radical (unpaired) electrons. The lowest BCUT2D eigenvalue weighted by Gasteiger charge is -2.29. The van der Waals surface area contributed by atoms with Gasteiger partial charge in [0.1, 0.15) is 5.82 Å². The summed E-state index contributed by atoms with van der Waals surface area (Å²) < 4.78 is 9.11. The summed E-state index contributed by atoms with van der Waals surface area (Å²) in [6.45, 7) is 6.61. The Morgan fingerprint density at radius 3 is 2.72 bits per heavy atom. The van der Waals surface area contributed by atoms with E-state index in [0.717, 1.165) is 30.2 Å². The van der Waals surface area contributed by atoms with Crippen LogP contribution in [0.4, 0.5) is 5.82 Å². The second-order valence-corrected chi connectivity index (χ2v) is 7.41. The van der Waals surface area contributed by atoms with Crippen molar-refractivity contribution in [1.29, 1.82) is 0 Å². The van der Waals surface area contributed by atoms with Crippen LogP contribution in [0.1, 0.15) is 5.69 Å². The summed E-state index contributed by atoms with van der Waals surface area (Å²) in [7, 11) is 0. The summed E-state index contributed by atoms with van der Waals surface area (Å²) in [6, 6.07) is 15.9. The van der Waals surface area contributed by atoms with E-state index in [4.69, 9.17) is 14.8 Å². The van der Waals surface area contributed by atoms with E-state index in [1.54, 1.807) is 4.68 Å². The predicted octanol–water partition coefficient (Wildman–Crippen LogP) is 2.22. The van der Waals surface area contributed by atoms with Crippen LogP contribution in [0, 0.1) is 0 Å². The van der Waals surface area contributed by atoms with Crippen LogP contribution in [0.25, 0.3) is 22.7 Å². The Balaban J connectivity index is 1.55. The Morgan fingerprint density at radius 2 is 1.94 bits per heavy atom. The van der Waals surface area contributed by atoms with E-state index >= 15 is 0 Å². The number of carbonyl (C=O) groups is 1. The fraction of sp³-hybridized carbons (Fsp3) is 0.217. The van der Waals surface area contributed by atoms with E-state index in [9.17, 15) is 4.79 Å². The molecule has 0 saturated carbocycles.